The molecule has 0 aliphatic heterocycles. The lowest BCUT2D eigenvalue weighted by Crippen LogP contribution is -2.45. The highest BCUT2D eigenvalue weighted by molar-refractivity contribution is 4.89. The van der Waals surface area contributed by atoms with Gasteiger partial charge in [-0.1, -0.05) is 19.3 Å². The second-order valence-electron chi connectivity index (χ2n) is 4.84. The first-order valence-electron chi connectivity index (χ1n) is 6.48. The minimum absolute atomic E-state index is 0.0288. The van der Waals surface area contributed by atoms with Gasteiger partial charge < -0.3 is 5.32 Å². The summed E-state index contributed by atoms with van der Waals surface area (Å²) in [6, 6.07) is 0.0288. The summed E-state index contributed by atoms with van der Waals surface area (Å²) in [5.41, 5.74) is -0.651. The Morgan fingerprint density at radius 1 is 1.28 bits per heavy atom. The Bertz CT molecular complexity index is 526. The fourth-order valence-corrected chi connectivity index (χ4v) is 2.56. The van der Waals surface area contributed by atoms with Crippen LogP contribution >= 0.6 is 0 Å². The van der Waals surface area contributed by atoms with Crippen molar-refractivity contribution < 1.29 is 0 Å². The van der Waals surface area contributed by atoms with E-state index in [9.17, 15) is 9.59 Å². The third kappa shape index (κ3) is 2.38. The highest BCUT2D eigenvalue weighted by Gasteiger charge is 2.20. The molecule has 1 aliphatic carbocycles. The first kappa shape index (κ1) is 13.0. The summed E-state index contributed by atoms with van der Waals surface area (Å²) in [6.07, 6.45) is 5.16. The molecule has 6 nitrogen and oxygen atoms in total. The molecule has 0 bridgehead atoms. The maximum atomic E-state index is 12.2. The average molecular weight is 252 g/mol. The van der Waals surface area contributed by atoms with Crippen molar-refractivity contribution in [3.63, 3.8) is 0 Å². The number of nitrogens with zero attached hydrogens (tertiary/aromatic N) is 3. The molecule has 6 heteroatoms. The normalized spacial score (nSPS) is 17.0. The Balaban J connectivity index is 2.45. The number of rotatable bonds is 3. The molecule has 0 unspecified atom stereocenters. The van der Waals surface area contributed by atoms with E-state index in [-0.39, 0.29) is 11.7 Å². The van der Waals surface area contributed by atoms with E-state index in [0.717, 1.165) is 25.7 Å². The van der Waals surface area contributed by atoms with Crippen LogP contribution < -0.4 is 16.7 Å². The molecule has 1 saturated carbocycles. The number of aromatic nitrogens is 3. The van der Waals surface area contributed by atoms with E-state index in [1.54, 1.807) is 14.1 Å². The van der Waals surface area contributed by atoms with Crippen LogP contribution in [0.3, 0.4) is 0 Å². The van der Waals surface area contributed by atoms with Gasteiger partial charge in [0.25, 0.3) is 0 Å². The highest BCUT2D eigenvalue weighted by atomic mass is 16.2. The predicted octanol–water partition coefficient (Wildman–Crippen LogP) is 0.167. The molecule has 1 aromatic heterocycles. The van der Waals surface area contributed by atoms with Crippen molar-refractivity contribution in [2.75, 3.05) is 7.05 Å². The molecular formula is C12H20N4O2. The zero-order valence-electron chi connectivity index (χ0n) is 11.0. The zero-order valence-corrected chi connectivity index (χ0v) is 11.0. The molecule has 0 aromatic carbocycles. The highest BCUT2D eigenvalue weighted by Crippen LogP contribution is 2.25. The molecule has 0 atom stereocenters. The maximum absolute atomic E-state index is 12.2. The molecule has 1 fully saturated rings. The molecule has 1 aliphatic rings. The molecule has 2 rings (SSSR count). The lowest BCUT2D eigenvalue weighted by Gasteiger charge is -2.23. The summed E-state index contributed by atoms with van der Waals surface area (Å²) in [5, 5.41) is 2.91. The fraction of sp³-hybridized carbons (Fsp3) is 0.750. The van der Waals surface area contributed by atoms with Crippen molar-refractivity contribution in [2.45, 2.75) is 44.7 Å². The number of hydrogen-bond donors (Lipinski definition) is 1. The van der Waals surface area contributed by atoms with Gasteiger partial charge in [0.15, 0.2) is 0 Å². The monoisotopic (exact) mass is 252 g/mol. The molecule has 0 saturated heterocycles. The van der Waals surface area contributed by atoms with Crippen molar-refractivity contribution in [2.24, 2.45) is 7.05 Å². The first-order valence-corrected chi connectivity index (χ1v) is 6.48. The molecule has 0 spiro atoms. The van der Waals surface area contributed by atoms with Crippen molar-refractivity contribution in [3.05, 3.63) is 26.8 Å². The quantitative estimate of drug-likeness (QED) is 0.832. The van der Waals surface area contributed by atoms with Crippen LogP contribution in [0.4, 0.5) is 0 Å². The zero-order chi connectivity index (χ0) is 13.1. The summed E-state index contributed by atoms with van der Waals surface area (Å²) >= 11 is 0. The van der Waals surface area contributed by atoms with Gasteiger partial charge in [-0.25, -0.2) is 14.2 Å². The van der Waals surface area contributed by atoms with Crippen molar-refractivity contribution in [3.8, 4) is 0 Å². The average Bonchev–Trinajstić information content (AvgIpc) is 2.37. The van der Waals surface area contributed by atoms with Crippen molar-refractivity contribution >= 4 is 0 Å². The maximum Gasteiger partial charge on any atom is 0.353 e. The molecule has 0 radical (unpaired) electrons. The van der Waals surface area contributed by atoms with Crippen LogP contribution in [0.5, 0.6) is 0 Å². The second kappa shape index (κ2) is 5.48. The number of nitrogens with one attached hydrogen (secondary N) is 1. The van der Waals surface area contributed by atoms with Gasteiger partial charge in [0.1, 0.15) is 5.82 Å². The smallest absolute Gasteiger partial charge is 0.313 e. The van der Waals surface area contributed by atoms with Crippen molar-refractivity contribution in [1.29, 1.82) is 0 Å². The van der Waals surface area contributed by atoms with Crippen LogP contribution in [0.2, 0.25) is 0 Å². The lowest BCUT2D eigenvalue weighted by molar-refractivity contribution is 0.323. The third-order valence-corrected chi connectivity index (χ3v) is 3.59. The van der Waals surface area contributed by atoms with E-state index in [1.165, 1.54) is 15.6 Å². The largest absolute Gasteiger partial charge is 0.353 e. The van der Waals surface area contributed by atoms with Crippen LogP contribution in [0.15, 0.2) is 9.59 Å². The van der Waals surface area contributed by atoms with Gasteiger partial charge in [0.2, 0.25) is 0 Å². The molecule has 1 heterocycles. The second-order valence-corrected chi connectivity index (χ2v) is 4.84. The summed E-state index contributed by atoms with van der Waals surface area (Å²) in [7, 11) is 3.43. The van der Waals surface area contributed by atoms with Gasteiger partial charge in [0, 0.05) is 13.1 Å². The Morgan fingerprint density at radius 3 is 2.56 bits per heavy atom. The van der Waals surface area contributed by atoms with E-state index in [4.69, 9.17) is 0 Å². The van der Waals surface area contributed by atoms with Crippen LogP contribution in [0, 0.1) is 0 Å². The first-order chi connectivity index (χ1) is 8.65. The fourth-order valence-electron chi connectivity index (χ4n) is 2.56. The topological polar surface area (TPSA) is 68.9 Å². The van der Waals surface area contributed by atoms with Crippen LogP contribution in [-0.4, -0.2) is 21.2 Å². The molecule has 1 aromatic rings. The molecular weight excluding hydrogens is 232 g/mol. The molecule has 0 amide bonds. The Hall–Kier alpha value is -1.43. The Labute approximate surface area is 106 Å². The summed E-state index contributed by atoms with van der Waals surface area (Å²) < 4.78 is 2.80. The number of hydrogen-bond acceptors (Lipinski definition) is 4. The molecule has 18 heavy (non-hydrogen) atoms. The summed E-state index contributed by atoms with van der Waals surface area (Å²) in [6.45, 7) is 0.423. The van der Waals surface area contributed by atoms with E-state index in [2.05, 4.69) is 10.3 Å². The van der Waals surface area contributed by atoms with E-state index >= 15 is 0 Å². The van der Waals surface area contributed by atoms with Gasteiger partial charge in [-0.3, -0.25) is 4.57 Å². The van der Waals surface area contributed by atoms with Gasteiger partial charge in [0.05, 0.1) is 6.54 Å². The van der Waals surface area contributed by atoms with E-state index < -0.39 is 5.69 Å². The minimum Gasteiger partial charge on any atom is -0.313 e. The molecule has 100 valence electrons. The van der Waals surface area contributed by atoms with Gasteiger partial charge >= 0.3 is 11.4 Å². The van der Waals surface area contributed by atoms with Crippen LogP contribution in [-0.2, 0) is 13.6 Å². The summed E-state index contributed by atoms with van der Waals surface area (Å²) in [4.78, 5) is 28.2. The van der Waals surface area contributed by atoms with Gasteiger partial charge in [-0.15, -0.1) is 0 Å². The predicted molar refractivity (Wildman–Crippen MR) is 68.6 cm³/mol. The minimum atomic E-state index is -0.407. The Kier molecular flexibility index (Phi) is 3.96. The Morgan fingerprint density at radius 2 is 1.94 bits per heavy atom. The SMILES string of the molecule is CNCc1nc(=O)n(C2CCCCC2)c(=O)n1C. The van der Waals surface area contributed by atoms with Crippen molar-refractivity contribution in [1.82, 2.24) is 19.4 Å². The standard InChI is InChI=1S/C12H20N4O2/c1-13-8-10-14-11(17)16(12(18)15(10)2)9-6-4-3-5-7-9/h9,13H,3-8H2,1-2H3. The van der Waals surface area contributed by atoms with E-state index in [0.29, 0.717) is 12.4 Å². The van der Waals surface area contributed by atoms with Gasteiger partial charge in [-0.2, -0.15) is 4.98 Å². The lowest BCUT2D eigenvalue weighted by atomic mass is 9.95. The van der Waals surface area contributed by atoms with Gasteiger partial charge in [-0.05, 0) is 19.9 Å². The third-order valence-electron chi connectivity index (χ3n) is 3.59. The van der Waals surface area contributed by atoms with Crippen LogP contribution in [0.1, 0.15) is 44.0 Å². The van der Waals surface area contributed by atoms with E-state index in [1.807, 2.05) is 0 Å². The van der Waals surface area contributed by atoms with Crippen LogP contribution in [0.25, 0.3) is 0 Å². The molecule has 1 N–H and O–H groups in total. The summed E-state index contributed by atoms with van der Waals surface area (Å²) in [5.74, 6) is 0.486.